The zero-order chi connectivity index (χ0) is 15.7. The lowest BCUT2D eigenvalue weighted by Crippen LogP contribution is -2.56. The van der Waals surface area contributed by atoms with Crippen LogP contribution in [-0.2, 0) is 4.79 Å². The van der Waals surface area contributed by atoms with Gasteiger partial charge in [0.05, 0.1) is 6.67 Å². The molecule has 1 aromatic heterocycles. The van der Waals surface area contributed by atoms with Gasteiger partial charge in [-0.2, -0.15) is 0 Å². The van der Waals surface area contributed by atoms with Crippen LogP contribution in [0.1, 0.15) is 12.8 Å². The van der Waals surface area contributed by atoms with Gasteiger partial charge in [0.2, 0.25) is 5.91 Å². The van der Waals surface area contributed by atoms with Crippen molar-refractivity contribution in [1.29, 1.82) is 0 Å². The summed E-state index contributed by atoms with van der Waals surface area (Å²) in [4.78, 5) is 21.5. The Bertz CT molecular complexity index is 681. The first-order valence-corrected chi connectivity index (χ1v) is 8.07. The van der Waals surface area contributed by atoms with E-state index in [9.17, 15) is 4.79 Å². The van der Waals surface area contributed by atoms with Crippen LogP contribution in [-0.4, -0.2) is 36.2 Å². The Morgan fingerprint density at radius 2 is 1.74 bits per heavy atom. The number of amides is 1. The molecular weight excluding hydrogens is 288 g/mol. The number of carbonyl (C=O) groups is 1. The highest BCUT2D eigenvalue weighted by atomic mass is 16.2. The SMILES string of the molecule is O=C1NCN(c2ccccc2)C12CCN(c1ccccn1)CC2. The van der Waals surface area contributed by atoms with Crippen molar-refractivity contribution in [2.24, 2.45) is 0 Å². The van der Waals surface area contributed by atoms with Crippen molar-refractivity contribution in [3.05, 3.63) is 54.7 Å². The number of nitrogens with one attached hydrogen (secondary N) is 1. The topological polar surface area (TPSA) is 48.5 Å². The molecule has 0 unspecified atom stereocenters. The molecule has 0 bridgehead atoms. The van der Waals surface area contributed by atoms with Crippen molar-refractivity contribution in [1.82, 2.24) is 10.3 Å². The maximum absolute atomic E-state index is 12.6. The Morgan fingerprint density at radius 3 is 2.43 bits per heavy atom. The van der Waals surface area contributed by atoms with Crippen LogP contribution < -0.4 is 15.1 Å². The van der Waals surface area contributed by atoms with Gasteiger partial charge in [-0.1, -0.05) is 24.3 Å². The molecule has 2 saturated heterocycles. The summed E-state index contributed by atoms with van der Waals surface area (Å²) in [5.41, 5.74) is 0.684. The van der Waals surface area contributed by atoms with Crippen LogP contribution in [0, 0.1) is 0 Å². The van der Waals surface area contributed by atoms with E-state index in [4.69, 9.17) is 0 Å². The van der Waals surface area contributed by atoms with E-state index in [1.165, 1.54) is 0 Å². The summed E-state index contributed by atoms with van der Waals surface area (Å²) in [6, 6.07) is 16.2. The van der Waals surface area contributed by atoms with E-state index in [0.29, 0.717) is 6.67 Å². The fourth-order valence-corrected chi connectivity index (χ4v) is 3.68. The second-order valence-corrected chi connectivity index (χ2v) is 6.13. The number of carbonyl (C=O) groups excluding carboxylic acids is 1. The van der Waals surface area contributed by atoms with Gasteiger partial charge < -0.3 is 15.1 Å². The Kier molecular flexibility index (Phi) is 3.41. The molecule has 0 radical (unpaired) electrons. The van der Waals surface area contributed by atoms with Crippen LogP contribution in [0.3, 0.4) is 0 Å². The van der Waals surface area contributed by atoms with Crippen LogP contribution >= 0.6 is 0 Å². The second kappa shape index (κ2) is 5.57. The molecule has 3 heterocycles. The Morgan fingerprint density at radius 1 is 1.00 bits per heavy atom. The molecule has 1 N–H and O–H groups in total. The highest BCUT2D eigenvalue weighted by Gasteiger charge is 2.50. The summed E-state index contributed by atoms with van der Waals surface area (Å²) >= 11 is 0. The summed E-state index contributed by atoms with van der Waals surface area (Å²) in [5, 5.41) is 3.04. The number of benzene rings is 1. The molecule has 2 fully saturated rings. The van der Waals surface area contributed by atoms with E-state index < -0.39 is 5.54 Å². The van der Waals surface area contributed by atoms with Crippen molar-refractivity contribution in [3.8, 4) is 0 Å². The van der Waals surface area contributed by atoms with E-state index in [-0.39, 0.29) is 5.91 Å². The highest BCUT2D eigenvalue weighted by molar-refractivity contribution is 5.93. The van der Waals surface area contributed by atoms with Gasteiger partial charge in [0.25, 0.3) is 0 Å². The predicted octanol–water partition coefficient (Wildman–Crippen LogP) is 2.01. The van der Waals surface area contributed by atoms with Crippen LogP contribution in [0.25, 0.3) is 0 Å². The third kappa shape index (κ3) is 2.32. The van der Waals surface area contributed by atoms with Gasteiger partial charge in [-0.25, -0.2) is 4.98 Å². The number of aromatic nitrogens is 1. The third-order valence-corrected chi connectivity index (χ3v) is 4.97. The van der Waals surface area contributed by atoms with E-state index in [0.717, 1.165) is 37.4 Å². The molecule has 23 heavy (non-hydrogen) atoms. The minimum atomic E-state index is -0.424. The quantitative estimate of drug-likeness (QED) is 0.922. The molecule has 2 aromatic rings. The molecule has 0 saturated carbocycles. The zero-order valence-electron chi connectivity index (χ0n) is 13.0. The van der Waals surface area contributed by atoms with Gasteiger partial charge in [-0.05, 0) is 37.1 Å². The second-order valence-electron chi connectivity index (χ2n) is 6.13. The first kappa shape index (κ1) is 14.1. The number of hydrogen-bond acceptors (Lipinski definition) is 4. The minimum absolute atomic E-state index is 0.155. The molecule has 5 nitrogen and oxygen atoms in total. The average molecular weight is 308 g/mol. The van der Waals surface area contributed by atoms with Gasteiger partial charge in [-0.3, -0.25) is 4.79 Å². The summed E-state index contributed by atoms with van der Waals surface area (Å²) in [6.07, 6.45) is 3.44. The fraction of sp³-hybridized carbons (Fsp3) is 0.333. The molecule has 2 aliphatic rings. The van der Waals surface area contributed by atoms with Crippen molar-refractivity contribution in [2.75, 3.05) is 29.6 Å². The lowest BCUT2D eigenvalue weighted by molar-refractivity contribution is -0.124. The van der Waals surface area contributed by atoms with Crippen LogP contribution in [0.15, 0.2) is 54.7 Å². The zero-order valence-corrected chi connectivity index (χ0v) is 13.0. The lowest BCUT2D eigenvalue weighted by atomic mass is 9.85. The maximum atomic E-state index is 12.6. The lowest BCUT2D eigenvalue weighted by Gasteiger charge is -2.43. The first-order valence-electron chi connectivity index (χ1n) is 8.07. The van der Waals surface area contributed by atoms with E-state index in [1.807, 2.05) is 42.6 Å². The number of hydrogen-bond donors (Lipinski definition) is 1. The van der Waals surface area contributed by atoms with Crippen molar-refractivity contribution >= 4 is 17.4 Å². The van der Waals surface area contributed by atoms with Crippen LogP contribution in [0.4, 0.5) is 11.5 Å². The summed E-state index contributed by atoms with van der Waals surface area (Å²) in [7, 11) is 0. The number of para-hydroxylation sites is 1. The molecule has 1 aromatic carbocycles. The molecule has 4 rings (SSSR count). The van der Waals surface area contributed by atoms with Gasteiger partial charge in [0.1, 0.15) is 11.4 Å². The smallest absolute Gasteiger partial charge is 0.247 e. The standard InChI is InChI=1S/C18H20N4O/c23-17-18(22(14-20-17)15-6-2-1-3-7-15)9-12-21(13-10-18)16-8-4-5-11-19-16/h1-8,11H,9-10,12-14H2,(H,20,23). The predicted molar refractivity (Wildman–Crippen MR) is 90.3 cm³/mol. The summed E-state index contributed by atoms with van der Waals surface area (Å²) in [6.45, 7) is 2.27. The molecule has 2 aliphatic heterocycles. The third-order valence-electron chi connectivity index (χ3n) is 4.97. The Balaban J connectivity index is 1.57. The summed E-state index contributed by atoms with van der Waals surface area (Å²) < 4.78 is 0. The van der Waals surface area contributed by atoms with Gasteiger partial charge in [0.15, 0.2) is 0 Å². The molecule has 5 heteroatoms. The highest BCUT2D eigenvalue weighted by Crippen LogP contribution is 2.36. The molecule has 1 spiro atoms. The maximum Gasteiger partial charge on any atom is 0.247 e. The molecule has 118 valence electrons. The Labute approximate surface area is 135 Å². The summed E-state index contributed by atoms with van der Waals surface area (Å²) in [5.74, 6) is 1.15. The molecular formula is C18H20N4O. The molecule has 0 atom stereocenters. The first-order chi connectivity index (χ1) is 11.3. The van der Waals surface area contributed by atoms with Gasteiger partial charge in [-0.15, -0.1) is 0 Å². The minimum Gasteiger partial charge on any atom is -0.356 e. The molecule has 0 aliphatic carbocycles. The Hall–Kier alpha value is -2.56. The van der Waals surface area contributed by atoms with E-state index in [2.05, 4.69) is 32.2 Å². The monoisotopic (exact) mass is 308 g/mol. The normalized spacial score (nSPS) is 19.9. The van der Waals surface area contributed by atoms with Crippen LogP contribution in [0.2, 0.25) is 0 Å². The number of nitrogens with zero attached hydrogens (tertiary/aromatic N) is 3. The largest absolute Gasteiger partial charge is 0.356 e. The van der Waals surface area contributed by atoms with Crippen LogP contribution in [0.5, 0.6) is 0 Å². The number of piperidine rings is 1. The average Bonchev–Trinajstić information content (AvgIpc) is 2.93. The number of rotatable bonds is 2. The number of anilines is 2. The van der Waals surface area contributed by atoms with E-state index in [1.54, 1.807) is 0 Å². The van der Waals surface area contributed by atoms with Gasteiger partial charge in [0, 0.05) is 25.0 Å². The van der Waals surface area contributed by atoms with Crippen molar-refractivity contribution in [2.45, 2.75) is 18.4 Å². The molecule has 1 amide bonds. The van der Waals surface area contributed by atoms with Crippen molar-refractivity contribution in [3.63, 3.8) is 0 Å². The fourth-order valence-electron chi connectivity index (χ4n) is 3.68. The van der Waals surface area contributed by atoms with Gasteiger partial charge >= 0.3 is 0 Å². The number of pyridine rings is 1. The van der Waals surface area contributed by atoms with E-state index >= 15 is 0 Å². The van der Waals surface area contributed by atoms with Crippen molar-refractivity contribution < 1.29 is 4.79 Å².